The predicted molar refractivity (Wildman–Crippen MR) is 75.5 cm³/mol. The van der Waals surface area contributed by atoms with Crippen LogP contribution in [-0.4, -0.2) is 25.2 Å². The van der Waals surface area contributed by atoms with E-state index in [-0.39, 0.29) is 11.0 Å². The molecule has 2 N–H and O–H groups in total. The second-order valence-corrected chi connectivity index (χ2v) is 8.20. The third-order valence-electron chi connectivity index (χ3n) is 2.32. The molecule has 3 nitrogen and oxygen atoms in total. The first kappa shape index (κ1) is 14.7. The van der Waals surface area contributed by atoms with Crippen LogP contribution in [0.25, 0.3) is 0 Å². The summed E-state index contributed by atoms with van der Waals surface area (Å²) < 4.78 is 23.2. The zero-order chi connectivity index (χ0) is 13.1. The molecule has 1 rings (SSSR count). The van der Waals surface area contributed by atoms with Crippen LogP contribution in [-0.2, 0) is 9.84 Å². The van der Waals surface area contributed by atoms with Gasteiger partial charge >= 0.3 is 0 Å². The third kappa shape index (κ3) is 4.41. The molecule has 1 aromatic carbocycles. The van der Waals surface area contributed by atoms with E-state index >= 15 is 0 Å². The summed E-state index contributed by atoms with van der Waals surface area (Å²) in [4.78, 5) is 0.830. The van der Waals surface area contributed by atoms with Gasteiger partial charge in [-0.05, 0) is 32.0 Å². The maximum atomic E-state index is 11.6. The molecule has 0 aromatic heterocycles. The molecule has 0 radical (unpaired) electrons. The highest BCUT2D eigenvalue weighted by atomic mass is 35.5. The summed E-state index contributed by atoms with van der Waals surface area (Å²) in [6, 6.07) is 5.19. The maximum absolute atomic E-state index is 11.6. The molecule has 0 aliphatic rings. The fourth-order valence-electron chi connectivity index (χ4n) is 1.14. The summed E-state index contributed by atoms with van der Waals surface area (Å²) in [6.07, 6.45) is 0. The molecule has 0 bridgehead atoms. The predicted octanol–water partition coefficient (Wildman–Crippen LogP) is 2.84. The van der Waals surface area contributed by atoms with Crippen molar-refractivity contribution in [2.75, 3.05) is 17.2 Å². The van der Waals surface area contributed by atoms with Crippen LogP contribution >= 0.6 is 23.4 Å². The zero-order valence-corrected chi connectivity index (χ0v) is 12.2. The highest BCUT2D eigenvalue weighted by Crippen LogP contribution is 2.28. The van der Waals surface area contributed by atoms with Crippen LogP contribution in [0.2, 0.25) is 5.02 Å². The Balaban J connectivity index is 2.60. The summed E-state index contributed by atoms with van der Waals surface area (Å²) in [5, 5.41) is 0.272. The first-order valence-corrected chi connectivity index (χ1v) is 8.30. The first-order chi connectivity index (χ1) is 7.83. The number of halogens is 1. The topological polar surface area (TPSA) is 60.2 Å². The lowest BCUT2D eigenvalue weighted by molar-refractivity contribution is 0.589. The van der Waals surface area contributed by atoms with E-state index in [1.54, 1.807) is 32.0 Å². The lowest BCUT2D eigenvalue weighted by Crippen LogP contribution is -2.18. The number of hydrogen-bond acceptors (Lipinski definition) is 4. The second kappa shape index (κ2) is 5.98. The molecular formula is C11H16ClNO2S2. The van der Waals surface area contributed by atoms with Crippen molar-refractivity contribution in [2.24, 2.45) is 0 Å². The summed E-state index contributed by atoms with van der Waals surface area (Å²) in [5.41, 5.74) is 6.40. The van der Waals surface area contributed by atoms with E-state index in [9.17, 15) is 8.42 Å². The molecule has 0 saturated heterocycles. The number of hydrogen-bond donors (Lipinski definition) is 1. The molecular weight excluding hydrogens is 278 g/mol. The fourth-order valence-corrected chi connectivity index (χ4v) is 3.77. The molecule has 0 atom stereocenters. The summed E-state index contributed by atoms with van der Waals surface area (Å²) in [6.45, 7) is 3.38. The highest BCUT2D eigenvalue weighted by molar-refractivity contribution is 8.01. The minimum absolute atomic E-state index is 0.154. The summed E-state index contributed by atoms with van der Waals surface area (Å²) in [7, 11) is -2.99. The van der Waals surface area contributed by atoms with E-state index in [4.69, 9.17) is 17.3 Å². The Bertz CT molecular complexity index is 486. The van der Waals surface area contributed by atoms with Crippen molar-refractivity contribution in [3.05, 3.63) is 23.2 Å². The number of nitrogens with two attached hydrogens (primary N) is 1. The molecule has 0 amide bonds. The quantitative estimate of drug-likeness (QED) is 0.670. The molecule has 0 unspecified atom stereocenters. The number of rotatable bonds is 5. The van der Waals surface area contributed by atoms with E-state index in [1.165, 1.54) is 11.8 Å². The molecule has 1 aromatic rings. The van der Waals surface area contributed by atoms with Gasteiger partial charge in [0.25, 0.3) is 0 Å². The largest absolute Gasteiger partial charge is 0.398 e. The summed E-state index contributed by atoms with van der Waals surface area (Å²) >= 11 is 7.27. The van der Waals surface area contributed by atoms with Crippen molar-refractivity contribution in [2.45, 2.75) is 24.0 Å². The Morgan fingerprint density at radius 1 is 1.41 bits per heavy atom. The van der Waals surface area contributed by atoms with Crippen LogP contribution in [0.3, 0.4) is 0 Å². The number of thioether (sulfide) groups is 1. The fraction of sp³-hybridized carbons (Fsp3) is 0.455. The maximum Gasteiger partial charge on any atom is 0.153 e. The van der Waals surface area contributed by atoms with Crippen LogP contribution in [0, 0.1) is 0 Å². The van der Waals surface area contributed by atoms with E-state index in [1.807, 2.05) is 0 Å². The Labute approximate surface area is 112 Å². The van der Waals surface area contributed by atoms with Gasteiger partial charge in [0.2, 0.25) is 0 Å². The number of sulfone groups is 1. The number of benzene rings is 1. The van der Waals surface area contributed by atoms with Crippen molar-refractivity contribution >= 4 is 38.9 Å². The van der Waals surface area contributed by atoms with Crippen molar-refractivity contribution in [3.63, 3.8) is 0 Å². The normalized spacial score (nSPS) is 12.0. The number of anilines is 1. The minimum atomic E-state index is -2.99. The SMILES string of the molecule is CC(C)S(=O)(=O)CCSc1cc(Cl)ccc1N. The third-order valence-corrected chi connectivity index (χ3v) is 6.10. The van der Waals surface area contributed by atoms with Gasteiger partial charge in [-0.25, -0.2) is 8.42 Å². The Morgan fingerprint density at radius 2 is 2.06 bits per heavy atom. The van der Waals surface area contributed by atoms with E-state index in [0.717, 1.165) is 4.90 Å². The Kier molecular flexibility index (Phi) is 5.16. The van der Waals surface area contributed by atoms with Gasteiger partial charge in [0.1, 0.15) is 0 Å². The average molecular weight is 294 g/mol. The molecule has 0 aliphatic carbocycles. The van der Waals surface area contributed by atoms with Crippen molar-refractivity contribution in [3.8, 4) is 0 Å². The van der Waals surface area contributed by atoms with E-state index in [2.05, 4.69) is 0 Å². The molecule has 0 heterocycles. The lowest BCUT2D eigenvalue weighted by Gasteiger charge is -2.08. The first-order valence-electron chi connectivity index (χ1n) is 5.22. The van der Waals surface area contributed by atoms with Crippen LogP contribution in [0.1, 0.15) is 13.8 Å². The van der Waals surface area contributed by atoms with Crippen LogP contribution in [0.5, 0.6) is 0 Å². The van der Waals surface area contributed by atoms with Crippen molar-refractivity contribution < 1.29 is 8.42 Å². The van der Waals surface area contributed by atoms with Crippen molar-refractivity contribution in [1.29, 1.82) is 0 Å². The molecule has 0 aliphatic heterocycles. The van der Waals surface area contributed by atoms with Gasteiger partial charge in [0.15, 0.2) is 9.84 Å². The highest BCUT2D eigenvalue weighted by Gasteiger charge is 2.15. The Hall–Kier alpha value is -0.390. The monoisotopic (exact) mass is 293 g/mol. The van der Waals surface area contributed by atoms with Gasteiger partial charge in [0, 0.05) is 21.4 Å². The summed E-state index contributed by atoms with van der Waals surface area (Å²) in [5.74, 6) is 0.645. The van der Waals surface area contributed by atoms with E-state index in [0.29, 0.717) is 16.5 Å². The van der Waals surface area contributed by atoms with Gasteiger partial charge in [-0.3, -0.25) is 0 Å². The van der Waals surface area contributed by atoms with Crippen molar-refractivity contribution in [1.82, 2.24) is 0 Å². The van der Waals surface area contributed by atoms with Gasteiger partial charge in [-0.2, -0.15) is 0 Å². The second-order valence-electron chi connectivity index (χ2n) is 3.95. The molecule has 96 valence electrons. The molecule has 17 heavy (non-hydrogen) atoms. The average Bonchev–Trinajstić information content (AvgIpc) is 2.22. The molecule has 6 heteroatoms. The van der Waals surface area contributed by atoms with Crippen LogP contribution in [0.4, 0.5) is 5.69 Å². The van der Waals surface area contributed by atoms with E-state index < -0.39 is 9.84 Å². The molecule has 0 spiro atoms. The van der Waals surface area contributed by atoms with Gasteiger partial charge in [-0.15, -0.1) is 11.8 Å². The molecule has 0 fully saturated rings. The van der Waals surface area contributed by atoms with Crippen LogP contribution in [0.15, 0.2) is 23.1 Å². The molecule has 0 saturated carbocycles. The smallest absolute Gasteiger partial charge is 0.153 e. The van der Waals surface area contributed by atoms with Gasteiger partial charge < -0.3 is 5.73 Å². The number of nitrogen functional groups attached to an aromatic ring is 1. The lowest BCUT2D eigenvalue weighted by atomic mass is 10.3. The van der Waals surface area contributed by atoms with Gasteiger partial charge in [0.05, 0.1) is 11.0 Å². The zero-order valence-electron chi connectivity index (χ0n) is 9.81. The Morgan fingerprint density at radius 3 is 2.65 bits per heavy atom. The minimum Gasteiger partial charge on any atom is -0.398 e. The van der Waals surface area contributed by atoms with Crippen LogP contribution < -0.4 is 5.73 Å². The standard InChI is InChI=1S/C11H16ClNO2S2/c1-8(2)17(14,15)6-5-16-11-7-9(12)3-4-10(11)13/h3-4,7-8H,5-6,13H2,1-2H3. The van der Waals surface area contributed by atoms with Gasteiger partial charge in [-0.1, -0.05) is 11.6 Å².